The maximum Gasteiger partial charge on any atom is 0.244 e. The van der Waals surface area contributed by atoms with Crippen LogP contribution in [0.15, 0.2) is 42.5 Å². The first-order valence-corrected chi connectivity index (χ1v) is 12.3. The number of benzene rings is 2. The van der Waals surface area contributed by atoms with Gasteiger partial charge in [0, 0.05) is 18.6 Å². The second kappa shape index (κ2) is 11.0. The lowest BCUT2D eigenvalue weighted by molar-refractivity contribution is -0.140. The largest absolute Gasteiger partial charge is 0.357 e. The SMILES string of the molecule is CC[C@@H](C(=O)NC)N(Cc1ccc(Cl)cc1)C(=O)CN(c1ccc(F)c(Cl)c1)S(C)(=O)=O. The van der Waals surface area contributed by atoms with E-state index in [4.69, 9.17) is 23.2 Å². The number of sulfonamides is 1. The Kier molecular flexibility index (Phi) is 8.89. The fraction of sp³-hybridized carbons (Fsp3) is 0.333. The van der Waals surface area contributed by atoms with Gasteiger partial charge in [-0.1, -0.05) is 42.3 Å². The lowest BCUT2D eigenvalue weighted by Crippen LogP contribution is -2.51. The van der Waals surface area contributed by atoms with Crippen molar-refractivity contribution in [3.05, 3.63) is 63.9 Å². The second-order valence-corrected chi connectivity index (χ2v) is 9.80. The van der Waals surface area contributed by atoms with Crippen LogP contribution in [0.4, 0.5) is 10.1 Å². The van der Waals surface area contributed by atoms with Crippen LogP contribution in [0.5, 0.6) is 0 Å². The summed E-state index contributed by atoms with van der Waals surface area (Å²) in [4.78, 5) is 27.1. The average molecular weight is 504 g/mol. The quantitative estimate of drug-likeness (QED) is 0.567. The second-order valence-electron chi connectivity index (χ2n) is 7.05. The third-order valence-electron chi connectivity index (χ3n) is 4.77. The predicted molar refractivity (Wildman–Crippen MR) is 124 cm³/mol. The van der Waals surface area contributed by atoms with Gasteiger partial charge in [0.2, 0.25) is 21.8 Å². The molecule has 0 fully saturated rings. The molecule has 0 saturated heterocycles. The molecule has 0 radical (unpaired) electrons. The van der Waals surface area contributed by atoms with E-state index in [9.17, 15) is 22.4 Å². The molecule has 0 aliphatic rings. The van der Waals surface area contributed by atoms with Crippen LogP contribution >= 0.6 is 23.2 Å². The van der Waals surface area contributed by atoms with Gasteiger partial charge in [-0.25, -0.2) is 12.8 Å². The summed E-state index contributed by atoms with van der Waals surface area (Å²) in [6, 6.07) is 9.28. The number of carbonyl (C=O) groups is 2. The first-order valence-electron chi connectivity index (χ1n) is 9.66. The molecule has 2 aromatic rings. The van der Waals surface area contributed by atoms with Crippen molar-refractivity contribution >= 4 is 50.7 Å². The number of amides is 2. The molecule has 11 heteroatoms. The van der Waals surface area contributed by atoms with Crippen LogP contribution in [0.1, 0.15) is 18.9 Å². The third kappa shape index (κ3) is 6.57. The van der Waals surface area contributed by atoms with E-state index < -0.39 is 34.3 Å². The molecule has 32 heavy (non-hydrogen) atoms. The Morgan fingerprint density at radius 2 is 1.75 bits per heavy atom. The molecule has 0 heterocycles. The fourth-order valence-corrected chi connectivity index (χ4v) is 4.27. The summed E-state index contributed by atoms with van der Waals surface area (Å²) in [7, 11) is -2.47. The van der Waals surface area contributed by atoms with Crippen molar-refractivity contribution in [1.82, 2.24) is 10.2 Å². The Morgan fingerprint density at radius 3 is 2.25 bits per heavy atom. The molecule has 0 saturated carbocycles. The van der Waals surface area contributed by atoms with Gasteiger partial charge in [-0.3, -0.25) is 13.9 Å². The summed E-state index contributed by atoms with van der Waals surface area (Å²) in [5.74, 6) is -1.71. The van der Waals surface area contributed by atoms with Crippen LogP contribution < -0.4 is 9.62 Å². The van der Waals surface area contributed by atoms with Crippen LogP contribution in [-0.2, 0) is 26.2 Å². The summed E-state index contributed by atoms with van der Waals surface area (Å²) in [6.07, 6.45) is 1.23. The Morgan fingerprint density at radius 1 is 1.12 bits per heavy atom. The average Bonchev–Trinajstić information content (AvgIpc) is 2.74. The number of anilines is 1. The van der Waals surface area contributed by atoms with Crippen molar-refractivity contribution in [2.45, 2.75) is 25.9 Å². The Balaban J connectivity index is 2.43. The molecule has 2 rings (SSSR count). The van der Waals surface area contributed by atoms with Gasteiger partial charge >= 0.3 is 0 Å². The summed E-state index contributed by atoms with van der Waals surface area (Å²) in [5.41, 5.74) is 0.743. The molecule has 174 valence electrons. The molecule has 0 unspecified atom stereocenters. The van der Waals surface area contributed by atoms with Crippen LogP contribution in [0, 0.1) is 5.82 Å². The zero-order valence-electron chi connectivity index (χ0n) is 17.8. The lowest BCUT2D eigenvalue weighted by Gasteiger charge is -2.32. The highest BCUT2D eigenvalue weighted by Gasteiger charge is 2.31. The van der Waals surface area contributed by atoms with Crippen LogP contribution in [0.2, 0.25) is 10.0 Å². The van der Waals surface area contributed by atoms with Crippen LogP contribution in [0.3, 0.4) is 0 Å². The maximum absolute atomic E-state index is 13.6. The molecule has 2 aromatic carbocycles. The summed E-state index contributed by atoms with van der Waals surface area (Å²) >= 11 is 11.7. The van der Waals surface area contributed by atoms with Crippen molar-refractivity contribution in [3.63, 3.8) is 0 Å². The Labute approximate surface area is 197 Å². The van der Waals surface area contributed by atoms with Gasteiger partial charge in [0.15, 0.2) is 0 Å². The van der Waals surface area contributed by atoms with E-state index in [0.29, 0.717) is 17.0 Å². The number of carbonyl (C=O) groups excluding carboxylic acids is 2. The first kappa shape index (κ1) is 25.9. The van der Waals surface area contributed by atoms with Gasteiger partial charge in [-0.2, -0.15) is 0 Å². The topological polar surface area (TPSA) is 86.8 Å². The maximum atomic E-state index is 13.6. The van der Waals surface area contributed by atoms with E-state index in [1.165, 1.54) is 18.0 Å². The van der Waals surface area contributed by atoms with Crippen molar-refractivity contribution in [1.29, 1.82) is 0 Å². The van der Waals surface area contributed by atoms with Crippen molar-refractivity contribution in [3.8, 4) is 0 Å². The van der Waals surface area contributed by atoms with E-state index in [2.05, 4.69) is 5.32 Å². The van der Waals surface area contributed by atoms with E-state index in [0.717, 1.165) is 22.7 Å². The van der Waals surface area contributed by atoms with Gasteiger partial charge in [0.25, 0.3) is 0 Å². The van der Waals surface area contributed by atoms with Crippen LogP contribution in [0.25, 0.3) is 0 Å². The Bertz CT molecular complexity index is 1080. The van der Waals surface area contributed by atoms with Crippen LogP contribution in [-0.4, -0.2) is 51.0 Å². The minimum atomic E-state index is -3.93. The zero-order valence-corrected chi connectivity index (χ0v) is 20.1. The van der Waals surface area contributed by atoms with E-state index >= 15 is 0 Å². The van der Waals surface area contributed by atoms with Gasteiger partial charge < -0.3 is 10.2 Å². The minimum Gasteiger partial charge on any atom is -0.357 e. The summed E-state index contributed by atoms with van der Waals surface area (Å²) in [5, 5.41) is 2.77. The third-order valence-corrected chi connectivity index (χ3v) is 6.45. The van der Waals surface area contributed by atoms with Crippen molar-refractivity contribution < 1.29 is 22.4 Å². The highest BCUT2D eigenvalue weighted by molar-refractivity contribution is 7.92. The monoisotopic (exact) mass is 503 g/mol. The first-order chi connectivity index (χ1) is 15.0. The number of hydrogen-bond donors (Lipinski definition) is 1. The lowest BCUT2D eigenvalue weighted by atomic mass is 10.1. The fourth-order valence-electron chi connectivity index (χ4n) is 3.13. The number of likely N-dealkylation sites (N-methyl/N-ethyl adjacent to an activating group) is 1. The highest BCUT2D eigenvalue weighted by atomic mass is 35.5. The molecule has 1 atom stereocenters. The normalized spacial score (nSPS) is 12.2. The Hall–Kier alpha value is -2.36. The van der Waals surface area contributed by atoms with E-state index in [1.807, 2.05) is 0 Å². The van der Waals surface area contributed by atoms with E-state index in [-0.39, 0.29) is 23.2 Å². The summed E-state index contributed by atoms with van der Waals surface area (Å²) in [6.45, 7) is 1.21. The van der Waals surface area contributed by atoms with Crippen molar-refractivity contribution in [2.24, 2.45) is 0 Å². The standard InChI is InChI=1S/C21H24Cl2FN3O4S/c1-4-19(21(29)25-2)26(12-14-5-7-15(22)8-6-14)20(28)13-27(32(3,30)31)16-9-10-18(24)17(23)11-16/h5-11,19H,4,12-13H2,1-3H3,(H,25,29)/t19-/m0/s1. The van der Waals surface area contributed by atoms with Gasteiger partial charge in [-0.05, 0) is 42.3 Å². The molecule has 1 N–H and O–H groups in total. The van der Waals surface area contributed by atoms with E-state index in [1.54, 1.807) is 31.2 Å². The van der Waals surface area contributed by atoms with Crippen molar-refractivity contribution in [2.75, 3.05) is 24.2 Å². The smallest absolute Gasteiger partial charge is 0.244 e. The number of halogens is 3. The predicted octanol–water partition coefficient (Wildman–Crippen LogP) is 3.45. The molecule has 7 nitrogen and oxygen atoms in total. The molecule has 0 aromatic heterocycles. The van der Waals surface area contributed by atoms with Gasteiger partial charge in [-0.15, -0.1) is 0 Å². The molecule has 0 spiro atoms. The number of nitrogens with one attached hydrogen (secondary N) is 1. The minimum absolute atomic E-state index is 0.0340. The molecule has 0 bridgehead atoms. The summed E-state index contributed by atoms with van der Waals surface area (Å²) < 4.78 is 39.3. The number of rotatable bonds is 9. The van der Waals surface area contributed by atoms with Gasteiger partial charge in [0.1, 0.15) is 18.4 Å². The molecule has 0 aliphatic heterocycles. The zero-order chi connectivity index (χ0) is 24.1. The van der Waals surface area contributed by atoms with Gasteiger partial charge in [0.05, 0.1) is 17.0 Å². The molecular weight excluding hydrogens is 480 g/mol. The molecular formula is C21H24Cl2FN3O4S. The molecule has 2 amide bonds. The molecule has 0 aliphatic carbocycles. The number of hydrogen-bond acceptors (Lipinski definition) is 4. The highest BCUT2D eigenvalue weighted by Crippen LogP contribution is 2.25. The number of nitrogens with zero attached hydrogens (tertiary/aromatic N) is 2.